The molecule has 8 nitrogen and oxygen atoms in total. The molecule has 0 spiro atoms. The molecule has 396 valence electrons. The molecule has 0 N–H and O–H groups in total. The van der Waals surface area contributed by atoms with Gasteiger partial charge in [0.2, 0.25) is 0 Å². The summed E-state index contributed by atoms with van der Waals surface area (Å²) in [6, 6.07) is -0.731. The van der Waals surface area contributed by atoms with Crippen molar-refractivity contribution in [3.05, 3.63) is 85.1 Å². The number of unbranched alkanes of at least 4 members (excludes halogenated alkanes) is 22. The van der Waals surface area contributed by atoms with Crippen LogP contribution in [0.25, 0.3) is 0 Å². The van der Waals surface area contributed by atoms with Crippen molar-refractivity contribution in [2.45, 2.75) is 244 Å². The summed E-state index contributed by atoms with van der Waals surface area (Å²) in [5, 5.41) is 11.7. The number of esters is 2. The Morgan fingerprint density at radius 2 is 0.768 bits per heavy atom. The minimum Gasteiger partial charge on any atom is -0.544 e. The first-order chi connectivity index (χ1) is 33.6. The van der Waals surface area contributed by atoms with Gasteiger partial charge in [0.25, 0.3) is 0 Å². The molecule has 0 amide bonds. The van der Waals surface area contributed by atoms with E-state index in [1.165, 1.54) is 109 Å². The van der Waals surface area contributed by atoms with Crippen LogP contribution in [-0.2, 0) is 28.6 Å². The summed E-state index contributed by atoms with van der Waals surface area (Å²) in [5.41, 5.74) is 0. The second-order valence-corrected chi connectivity index (χ2v) is 19.8. The standard InChI is InChI=1S/C61H105NO7/c1-6-8-10-12-14-16-18-20-22-24-26-28-30-32-33-35-37-39-41-43-45-47-49-51-59(63)68-56-57(55-67-54-53-58(61(65)66)62(3,4)5)69-60(64)52-50-48-46-44-42-40-38-36-34-31-29-27-25-23-21-19-17-15-13-11-9-7-2/h8-11,14-17,20-23,27,29,57-58H,6-7,12-13,18-19,24-26,28,30-56H2,1-5H3/b10-8+,11-9+,16-14+,17-15+,22-20+,23-21+,29-27+. The third-order valence-electron chi connectivity index (χ3n) is 12.3. The summed E-state index contributed by atoms with van der Waals surface area (Å²) in [6.07, 6.45) is 67.6. The lowest BCUT2D eigenvalue weighted by molar-refractivity contribution is -0.889. The summed E-state index contributed by atoms with van der Waals surface area (Å²) in [7, 11) is 5.42. The summed E-state index contributed by atoms with van der Waals surface area (Å²) in [6.45, 7) is 4.45. The van der Waals surface area contributed by atoms with Crippen molar-refractivity contribution in [1.29, 1.82) is 0 Å². The molecule has 0 aromatic heterocycles. The Kier molecular flexibility index (Phi) is 48.3. The number of allylic oxidation sites excluding steroid dienone is 14. The predicted molar refractivity (Wildman–Crippen MR) is 291 cm³/mol. The van der Waals surface area contributed by atoms with Crippen LogP contribution in [0.15, 0.2) is 85.1 Å². The quantitative estimate of drug-likeness (QED) is 0.0259. The monoisotopic (exact) mass is 964 g/mol. The number of carbonyl (C=O) groups is 3. The summed E-state index contributed by atoms with van der Waals surface area (Å²) < 4.78 is 17.3. The number of hydrogen-bond acceptors (Lipinski definition) is 7. The number of rotatable bonds is 50. The zero-order valence-electron chi connectivity index (χ0n) is 45.2. The number of quaternary nitrogens is 1. The zero-order chi connectivity index (χ0) is 50.6. The van der Waals surface area contributed by atoms with Crippen LogP contribution in [0.4, 0.5) is 0 Å². The first-order valence-electron chi connectivity index (χ1n) is 28.1. The van der Waals surface area contributed by atoms with Gasteiger partial charge in [-0.15, -0.1) is 0 Å². The minimum atomic E-state index is -1.13. The van der Waals surface area contributed by atoms with Crippen molar-refractivity contribution < 1.29 is 38.2 Å². The minimum absolute atomic E-state index is 0.0353. The molecule has 8 heteroatoms. The molecule has 0 bridgehead atoms. The Bertz CT molecular complexity index is 1400. The fraction of sp³-hybridized carbons (Fsp3) is 0.721. The van der Waals surface area contributed by atoms with Gasteiger partial charge in [-0.2, -0.15) is 0 Å². The fourth-order valence-corrected chi connectivity index (χ4v) is 8.02. The molecule has 0 aliphatic carbocycles. The van der Waals surface area contributed by atoms with Crippen LogP contribution in [0.5, 0.6) is 0 Å². The molecular weight excluding hydrogens is 859 g/mol. The van der Waals surface area contributed by atoms with E-state index in [1.54, 1.807) is 21.1 Å². The number of carbonyl (C=O) groups excluding carboxylic acids is 3. The fourth-order valence-electron chi connectivity index (χ4n) is 8.02. The number of ether oxygens (including phenoxy) is 3. The molecule has 2 atom stereocenters. The third kappa shape index (κ3) is 49.3. The molecule has 0 rings (SSSR count). The molecule has 0 saturated heterocycles. The van der Waals surface area contributed by atoms with Crippen LogP contribution in [0, 0.1) is 0 Å². The first-order valence-corrected chi connectivity index (χ1v) is 28.1. The summed E-state index contributed by atoms with van der Waals surface area (Å²) in [5.74, 6) is -1.74. The molecule has 0 heterocycles. The lowest BCUT2D eigenvalue weighted by Crippen LogP contribution is -2.55. The molecule has 0 aromatic rings. The van der Waals surface area contributed by atoms with E-state index in [9.17, 15) is 19.5 Å². The van der Waals surface area contributed by atoms with Gasteiger partial charge in [-0.05, 0) is 83.5 Å². The molecule has 0 aromatic carbocycles. The average molecular weight is 965 g/mol. The van der Waals surface area contributed by atoms with Crippen molar-refractivity contribution in [3.8, 4) is 0 Å². The number of aliphatic carboxylic acids is 1. The van der Waals surface area contributed by atoms with Crippen molar-refractivity contribution in [3.63, 3.8) is 0 Å². The van der Waals surface area contributed by atoms with Crippen molar-refractivity contribution >= 4 is 17.9 Å². The normalized spacial score (nSPS) is 13.5. The second-order valence-electron chi connectivity index (χ2n) is 19.8. The van der Waals surface area contributed by atoms with Crippen molar-refractivity contribution in [2.24, 2.45) is 0 Å². The molecule has 0 aliphatic rings. The maximum absolute atomic E-state index is 12.8. The van der Waals surface area contributed by atoms with Gasteiger partial charge in [0, 0.05) is 19.3 Å². The Balaban J connectivity index is 4.19. The van der Waals surface area contributed by atoms with Gasteiger partial charge in [-0.3, -0.25) is 9.59 Å². The number of carboxylic acid groups (broad SMARTS) is 1. The van der Waals surface area contributed by atoms with E-state index in [2.05, 4.69) is 98.9 Å². The van der Waals surface area contributed by atoms with E-state index in [0.29, 0.717) is 12.8 Å². The van der Waals surface area contributed by atoms with Crippen LogP contribution in [0.2, 0.25) is 0 Å². The number of likely N-dealkylation sites (N-methyl/N-ethyl adjacent to an activating group) is 1. The SMILES string of the molecule is CC/C=C/C/C=C/C/C=C/C/C=C/CCCCCCCCCCCC(=O)OC(COCCC(C(=O)[O-])[N+](C)(C)C)COC(=O)CCCCCCCCCCCCCCC/C=C/C/C=C/C/C=C/CC. The van der Waals surface area contributed by atoms with Gasteiger partial charge in [0.15, 0.2) is 6.10 Å². The number of nitrogens with zero attached hydrogens (tertiary/aromatic N) is 1. The van der Waals surface area contributed by atoms with Gasteiger partial charge in [-0.25, -0.2) is 0 Å². The number of hydrogen-bond donors (Lipinski definition) is 0. The van der Waals surface area contributed by atoms with Gasteiger partial charge in [0.1, 0.15) is 12.6 Å². The van der Waals surface area contributed by atoms with Crippen LogP contribution in [0.1, 0.15) is 232 Å². The van der Waals surface area contributed by atoms with Gasteiger partial charge in [0.05, 0.1) is 40.3 Å². The van der Waals surface area contributed by atoms with E-state index >= 15 is 0 Å². The lowest BCUT2D eigenvalue weighted by atomic mass is 10.0. The zero-order valence-corrected chi connectivity index (χ0v) is 45.2. The van der Waals surface area contributed by atoms with E-state index in [4.69, 9.17) is 14.2 Å². The van der Waals surface area contributed by atoms with E-state index in [-0.39, 0.29) is 42.7 Å². The molecular formula is C61H105NO7. The molecule has 2 unspecified atom stereocenters. The highest BCUT2D eigenvalue weighted by Gasteiger charge is 2.25. The van der Waals surface area contributed by atoms with E-state index < -0.39 is 18.1 Å². The highest BCUT2D eigenvalue weighted by Crippen LogP contribution is 2.16. The van der Waals surface area contributed by atoms with E-state index in [0.717, 1.165) is 89.9 Å². The maximum Gasteiger partial charge on any atom is 0.306 e. The van der Waals surface area contributed by atoms with E-state index in [1.807, 2.05) is 0 Å². The maximum atomic E-state index is 12.8. The van der Waals surface area contributed by atoms with Crippen molar-refractivity contribution in [1.82, 2.24) is 0 Å². The highest BCUT2D eigenvalue weighted by molar-refractivity contribution is 5.70. The summed E-state index contributed by atoms with van der Waals surface area (Å²) >= 11 is 0. The first kappa shape index (κ1) is 65.5. The molecule has 0 aliphatic heterocycles. The summed E-state index contributed by atoms with van der Waals surface area (Å²) in [4.78, 5) is 37.2. The van der Waals surface area contributed by atoms with Crippen LogP contribution in [-0.4, -0.2) is 75.5 Å². The second kappa shape index (κ2) is 50.9. The molecule has 0 fully saturated rings. The third-order valence-corrected chi connectivity index (χ3v) is 12.3. The molecule has 0 saturated carbocycles. The highest BCUT2D eigenvalue weighted by atomic mass is 16.6. The average Bonchev–Trinajstić information content (AvgIpc) is 3.31. The predicted octanol–water partition coefficient (Wildman–Crippen LogP) is 15.5. The lowest BCUT2D eigenvalue weighted by Gasteiger charge is -2.34. The topological polar surface area (TPSA) is 102 Å². The smallest absolute Gasteiger partial charge is 0.306 e. The molecule has 69 heavy (non-hydrogen) atoms. The number of carboxylic acids is 1. The largest absolute Gasteiger partial charge is 0.544 e. The Morgan fingerprint density at radius 3 is 1.13 bits per heavy atom. The van der Waals surface area contributed by atoms with Gasteiger partial charge >= 0.3 is 11.9 Å². The van der Waals surface area contributed by atoms with Crippen LogP contribution < -0.4 is 5.11 Å². The van der Waals surface area contributed by atoms with Gasteiger partial charge in [-0.1, -0.05) is 214 Å². The Morgan fingerprint density at radius 1 is 0.435 bits per heavy atom. The molecule has 0 radical (unpaired) electrons. The van der Waals surface area contributed by atoms with Crippen LogP contribution >= 0.6 is 0 Å². The van der Waals surface area contributed by atoms with Crippen molar-refractivity contribution in [2.75, 3.05) is 41.0 Å². The van der Waals surface area contributed by atoms with Gasteiger partial charge < -0.3 is 28.6 Å². The van der Waals surface area contributed by atoms with Crippen LogP contribution in [0.3, 0.4) is 0 Å². The Labute approximate surface area is 424 Å². The Hall–Kier alpha value is -3.49.